The van der Waals surface area contributed by atoms with Gasteiger partial charge in [0.2, 0.25) is 0 Å². The second-order valence-corrected chi connectivity index (χ2v) is 7.37. The second kappa shape index (κ2) is 9.66. The zero-order valence-corrected chi connectivity index (χ0v) is 14.4. The number of hydrogen-bond acceptors (Lipinski definition) is 1. The van der Waals surface area contributed by atoms with Crippen LogP contribution in [-0.4, -0.2) is 13.2 Å². The predicted octanol–water partition coefficient (Wildman–Crippen LogP) is 5.99. The molecule has 0 unspecified atom stereocenters. The van der Waals surface area contributed by atoms with Crippen LogP contribution >= 0.6 is 0 Å². The van der Waals surface area contributed by atoms with Crippen molar-refractivity contribution >= 4 is 0 Å². The van der Waals surface area contributed by atoms with Gasteiger partial charge in [-0.3, -0.25) is 0 Å². The highest BCUT2D eigenvalue weighted by atomic mass is 16.5. The van der Waals surface area contributed by atoms with Crippen LogP contribution in [-0.2, 0) is 4.74 Å². The van der Waals surface area contributed by atoms with Crippen molar-refractivity contribution in [1.82, 2.24) is 0 Å². The number of rotatable bonds is 7. The van der Waals surface area contributed by atoms with Crippen LogP contribution in [0, 0.1) is 23.7 Å². The third-order valence-corrected chi connectivity index (χ3v) is 5.72. The van der Waals surface area contributed by atoms with Crippen LogP contribution in [0.25, 0.3) is 0 Å². The normalized spacial score (nSPS) is 34.4. The maximum absolute atomic E-state index is 5.75. The quantitative estimate of drug-likeness (QED) is 0.413. The molecule has 0 heterocycles. The van der Waals surface area contributed by atoms with E-state index in [-0.39, 0.29) is 0 Å². The van der Waals surface area contributed by atoms with Gasteiger partial charge in [-0.15, -0.1) is 0 Å². The smallest absolute Gasteiger partial charge is 0.0494 e. The van der Waals surface area contributed by atoms with E-state index in [1.165, 1.54) is 57.8 Å². The Kier molecular flexibility index (Phi) is 7.85. The Morgan fingerprint density at radius 3 is 2.05 bits per heavy atom. The Morgan fingerprint density at radius 2 is 1.48 bits per heavy atom. The van der Waals surface area contributed by atoms with E-state index in [9.17, 15) is 0 Å². The largest absolute Gasteiger partial charge is 0.381 e. The maximum atomic E-state index is 5.75. The van der Waals surface area contributed by atoms with Crippen molar-refractivity contribution in [3.05, 3.63) is 12.2 Å². The first-order valence-corrected chi connectivity index (χ1v) is 9.57. The van der Waals surface area contributed by atoms with Crippen molar-refractivity contribution in [2.45, 2.75) is 78.1 Å². The molecular weight excluding hydrogens is 256 g/mol. The lowest BCUT2D eigenvalue weighted by Crippen LogP contribution is -2.26. The van der Waals surface area contributed by atoms with Crippen LogP contribution in [0.2, 0.25) is 0 Å². The third-order valence-electron chi connectivity index (χ3n) is 5.72. The van der Waals surface area contributed by atoms with Gasteiger partial charge in [-0.1, -0.05) is 26.0 Å². The molecule has 0 atom stereocenters. The SMILES string of the molecule is CCC=CC1CCC(C2CCC(COCCC)CC2)CC1. The lowest BCUT2D eigenvalue weighted by molar-refractivity contribution is 0.0662. The first kappa shape index (κ1) is 17.1. The summed E-state index contributed by atoms with van der Waals surface area (Å²) in [7, 11) is 0. The molecule has 0 aromatic heterocycles. The van der Waals surface area contributed by atoms with E-state index >= 15 is 0 Å². The van der Waals surface area contributed by atoms with Crippen LogP contribution in [0.1, 0.15) is 78.1 Å². The average Bonchev–Trinajstić information content (AvgIpc) is 2.54. The van der Waals surface area contributed by atoms with E-state index in [2.05, 4.69) is 26.0 Å². The minimum absolute atomic E-state index is 0.858. The molecule has 21 heavy (non-hydrogen) atoms. The van der Waals surface area contributed by atoms with Crippen LogP contribution in [0.4, 0.5) is 0 Å². The Labute approximate surface area is 132 Å². The fourth-order valence-corrected chi connectivity index (χ4v) is 4.36. The number of allylic oxidation sites excluding steroid dienone is 2. The summed E-state index contributed by atoms with van der Waals surface area (Å²) in [5, 5.41) is 0. The van der Waals surface area contributed by atoms with Crippen molar-refractivity contribution in [3.63, 3.8) is 0 Å². The molecule has 0 spiro atoms. The number of ether oxygens (including phenoxy) is 1. The molecule has 0 radical (unpaired) electrons. The molecular formula is C20H36O. The summed E-state index contributed by atoms with van der Waals surface area (Å²) in [6.07, 6.45) is 18.9. The van der Waals surface area contributed by atoms with Gasteiger partial charge in [0.25, 0.3) is 0 Å². The summed E-state index contributed by atoms with van der Waals surface area (Å²) in [6, 6.07) is 0. The van der Waals surface area contributed by atoms with E-state index in [4.69, 9.17) is 4.74 Å². The molecule has 1 heteroatoms. The molecule has 0 aromatic carbocycles. The van der Waals surface area contributed by atoms with Gasteiger partial charge in [-0.2, -0.15) is 0 Å². The summed E-state index contributed by atoms with van der Waals surface area (Å²) in [5.74, 6) is 3.81. The Morgan fingerprint density at radius 1 is 0.857 bits per heavy atom. The molecule has 2 aliphatic carbocycles. The predicted molar refractivity (Wildman–Crippen MR) is 91.4 cm³/mol. The topological polar surface area (TPSA) is 9.23 Å². The van der Waals surface area contributed by atoms with Crippen LogP contribution in [0.15, 0.2) is 12.2 Å². The first-order chi connectivity index (χ1) is 10.3. The van der Waals surface area contributed by atoms with Crippen LogP contribution in [0.5, 0.6) is 0 Å². The van der Waals surface area contributed by atoms with E-state index in [0.29, 0.717) is 0 Å². The molecule has 2 aliphatic rings. The Bertz CT molecular complexity index is 280. The van der Waals surface area contributed by atoms with Gasteiger partial charge in [0.15, 0.2) is 0 Å². The van der Waals surface area contributed by atoms with Gasteiger partial charge in [-0.05, 0) is 87.9 Å². The molecule has 1 nitrogen and oxygen atoms in total. The molecule has 2 rings (SSSR count). The standard InChI is InChI=1S/C20H36O/c1-3-5-6-17-7-11-19(12-8-17)20-13-9-18(10-14-20)16-21-15-4-2/h5-6,17-20H,3-4,7-16H2,1-2H3. The van der Waals surface area contributed by atoms with Gasteiger partial charge in [0, 0.05) is 13.2 Å². The second-order valence-electron chi connectivity index (χ2n) is 7.37. The molecule has 2 saturated carbocycles. The van der Waals surface area contributed by atoms with Gasteiger partial charge in [0.05, 0.1) is 0 Å². The summed E-state index contributed by atoms with van der Waals surface area (Å²) >= 11 is 0. The molecule has 0 aliphatic heterocycles. The third kappa shape index (κ3) is 5.77. The summed E-state index contributed by atoms with van der Waals surface area (Å²) in [4.78, 5) is 0. The number of hydrogen-bond donors (Lipinski definition) is 0. The summed E-state index contributed by atoms with van der Waals surface area (Å²) in [6.45, 7) is 6.41. The fourth-order valence-electron chi connectivity index (χ4n) is 4.36. The Balaban J connectivity index is 1.63. The van der Waals surface area contributed by atoms with Crippen molar-refractivity contribution in [2.24, 2.45) is 23.7 Å². The van der Waals surface area contributed by atoms with Crippen molar-refractivity contribution in [1.29, 1.82) is 0 Å². The zero-order valence-electron chi connectivity index (χ0n) is 14.4. The van der Waals surface area contributed by atoms with Gasteiger partial charge in [0.1, 0.15) is 0 Å². The molecule has 0 N–H and O–H groups in total. The highest BCUT2D eigenvalue weighted by Gasteiger charge is 2.30. The van der Waals surface area contributed by atoms with Crippen molar-refractivity contribution < 1.29 is 4.74 Å². The van der Waals surface area contributed by atoms with Gasteiger partial charge >= 0.3 is 0 Å². The minimum Gasteiger partial charge on any atom is -0.381 e. The molecule has 0 saturated heterocycles. The summed E-state index contributed by atoms with van der Waals surface area (Å²) < 4.78 is 5.75. The first-order valence-electron chi connectivity index (χ1n) is 9.57. The fraction of sp³-hybridized carbons (Fsp3) is 0.900. The lowest BCUT2D eigenvalue weighted by Gasteiger charge is -2.37. The van der Waals surface area contributed by atoms with E-state index in [0.717, 1.165) is 43.3 Å². The maximum Gasteiger partial charge on any atom is 0.0494 e. The molecule has 0 bridgehead atoms. The Hall–Kier alpha value is -0.300. The van der Waals surface area contributed by atoms with E-state index in [1.54, 1.807) is 0 Å². The van der Waals surface area contributed by atoms with Crippen LogP contribution < -0.4 is 0 Å². The molecule has 122 valence electrons. The molecule has 2 fully saturated rings. The van der Waals surface area contributed by atoms with Gasteiger partial charge in [-0.25, -0.2) is 0 Å². The zero-order chi connectivity index (χ0) is 14.9. The summed E-state index contributed by atoms with van der Waals surface area (Å²) in [5.41, 5.74) is 0. The van der Waals surface area contributed by atoms with E-state index in [1.807, 2.05) is 0 Å². The highest BCUT2D eigenvalue weighted by molar-refractivity contribution is 4.91. The lowest BCUT2D eigenvalue weighted by atomic mass is 9.69. The van der Waals surface area contributed by atoms with Crippen molar-refractivity contribution in [3.8, 4) is 0 Å². The molecule has 0 amide bonds. The van der Waals surface area contributed by atoms with Crippen molar-refractivity contribution in [2.75, 3.05) is 13.2 Å². The monoisotopic (exact) mass is 292 g/mol. The van der Waals surface area contributed by atoms with Gasteiger partial charge < -0.3 is 4.74 Å². The average molecular weight is 293 g/mol. The highest BCUT2D eigenvalue weighted by Crippen LogP contribution is 2.41. The van der Waals surface area contributed by atoms with Crippen LogP contribution in [0.3, 0.4) is 0 Å². The van der Waals surface area contributed by atoms with E-state index < -0.39 is 0 Å². The minimum atomic E-state index is 0.858. The molecule has 0 aromatic rings.